The van der Waals surface area contributed by atoms with Gasteiger partial charge in [-0.2, -0.15) is 0 Å². The van der Waals surface area contributed by atoms with E-state index in [0.717, 1.165) is 0 Å². The number of amidine groups is 1. The summed E-state index contributed by atoms with van der Waals surface area (Å²) in [5.41, 5.74) is 14.1. The van der Waals surface area contributed by atoms with Crippen LogP contribution >= 0.6 is 0 Å². The van der Waals surface area contributed by atoms with Gasteiger partial charge in [0.25, 0.3) is 0 Å². The Bertz CT molecular complexity index is 972. The molecule has 2 atom stereocenters. The van der Waals surface area contributed by atoms with Crippen molar-refractivity contribution in [2.45, 2.75) is 35.1 Å². The van der Waals surface area contributed by atoms with Gasteiger partial charge in [0, 0.05) is 32.4 Å². The molecule has 2 rings (SSSR count). The lowest BCUT2D eigenvalue weighted by Gasteiger charge is -2.38. The average molecular weight is 534 g/mol. The highest BCUT2D eigenvalue weighted by molar-refractivity contribution is 7.92. The number of hydrazine groups is 1. The molecule has 0 spiro atoms. The third-order valence-electron chi connectivity index (χ3n) is 5.72. The van der Waals surface area contributed by atoms with Crippen LogP contribution in [0.3, 0.4) is 0 Å². The molecular formula is C19H35N9O5S2. The van der Waals surface area contributed by atoms with E-state index in [0.29, 0.717) is 64.1 Å². The highest BCUT2D eigenvalue weighted by Crippen LogP contribution is 2.34. The number of carbonyl (C=O) groups excluding carboxylic acids is 1. The minimum atomic E-state index is -4.38. The molecule has 1 heterocycles. The maximum Gasteiger partial charge on any atom is 0.243 e. The van der Waals surface area contributed by atoms with Crippen LogP contribution in [-0.4, -0.2) is 71.2 Å². The van der Waals surface area contributed by atoms with Crippen LogP contribution in [0.1, 0.15) is 24.8 Å². The molecule has 1 amide bonds. The molecule has 0 aliphatic carbocycles. The fourth-order valence-corrected chi connectivity index (χ4v) is 6.46. The third-order valence-corrected chi connectivity index (χ3v) is 8.04. The monoisotopic (exact) mass is 533 g/mol. The molecule has 11 N–H and O–H groups in total. The fraction of sp³-hybridized carbons (Fsp3) is 0.579. The topological polar surface area (TPSA) is 239 Å². The predicted octanol–water partition coefficient (Wildman–Crippen LogP) is -2.64. The molecule has 1 aromatic carbocycles. The summed E-state index contributed by atoms with van der Waals surface area (Å²) in [5, 5.41) is 12.1. The van der Waals surface area contributed by atoms with Crippen LogP contribution in [-0.2, 0) is 30.9 Å². The maximum absolute atomic E-state index is 12.9. The first kappa shape index (κ1) is 29.1. The Kier molecular flexibility index (Phi) is 11.4. The zero-order valence-electron chi connectivity index (χ0n) is 19.6. The van der Waals surface area contributed by atoms with E-state index >= 15 is 0 Å². The first-order valence-electron chi connectivity index (χ1n) is 11.0. The minimum Gasteiger partial charge on any atom is -0.593 e. The summed E-state index contributed by atoms with van der Waals surface area (Å²) < 4.78 is 46.3. The summed E-state index contributed by atoms with van der Waals surface area (Å²) in [6.07, 6.45) is 2.59. The number of amides is 1. The van der Waals surface area contributed by atoms with Crippen LogP contribution in [0.2, 0.25) is 0 Å². The molecule has 198 valence electrons. The quantitative estimate of drug-likeness (QED) is 0.0248. The van der Waals surface area contributed by atoms with Gasteiger partial charge in [-0.3, -0.25) is 4.79 Å². The van der Waals surface area contributed by atoms with E-state index in [1.54, 1.807) is 13.2 Å². The van der Waals surface area contributed by atoms with Gasteiger partial charge in [0.15, 0.2) is 15.6 Å². The van der Waals surface area contributed by atoms with Crippen LogP contribution in [0.25, 0.3) is 0 Å². The van der Waals surface area contributed by atoms with E-state index in [1.165, 1.54) is 6.07 Å². The van der Waals surface area contributed by atoms with Crippen molar-refractivity contribution in [3.05, 3.63) is 17.7 Å². The molecular weight excluding hydrogens is 498 g/mol. The van der Waals surface area contributed by atoms with Gasteiger partial charge in [-0.25, -0.2) is 24.9 Å². The number of nitrogens with one attached hydrogen (secondary N) is 3. The number of nitrogens with two attached hydrogens (primary N) is 4. The Morgan fingerprint density at radius 2 is 2.09 bits per heavy atom. The number of nitrogens with zero attached hydrogens (tertiary/aromatic N) is 2. The van der Waals surface area contributed by atoms with Gasteiger partial charge in [-0.05, 0) is 43.9 Å². The number of primary sulfonamides is 1. The number of anilines is 1. The van der Waals surface area contributed by atoms with Gasteiger partial charge < -0.3 is 31.0 Å². The largest absolute Gasteiger partial charge is 0.593 e. The Hall–Kier alpha value is -2.18. The van der Waals surface area contributed by atoms with Gasteiger partial charge in [-0.1, -0.05) is 0 Å². The Morgan fingerprint density at radius 1 is 1.40 bits per heavy atom. The number of rotatable bonds is 14. The number of hydrogen-bond donors (Lipinski definition) is 7. The first-order chi connectivity index (χ1) is 16.7. The SMILES string of the molecule is COCC(NC=O)C1CCN(c2ccc([S+]([O-])NCCCN)c(S(N)(=O)=O)c2/C(N)=N/NN)CC1. The lowest BCUT2D eigenvalue weighted by Crippen LogP contribution is -2.45. The Labute approximate surface area is 208 Å². The number of ether oxygens (including phenoxy) is 1. The Balaban J connectivity index is 2.49. The van der Waals surface area contributed by atoms with Gasteiger partial charge in [0.1, 0.15) is 0 Å². The normalized spacial score (nSPS) is 17.2. The van der Waals surface area contributed by atoms with Gasteiger partial charge in [-0.15, -0.1) is 9.82 Å². The second kappa shape index (κ2) is 13.8. The van der Waals surface area contributed by atoms with Crippen LogP contribution in [0, 0.1) is 5.92 Å². The zero-order chi connectivity index (χ0) is 26.0. The van der Waals surface area contributed by atoms with Crippen molar-refractivity contribution in [1.29, 1.82) is 0 Å². The molecule has 35 heavy (non-hydrogen) atoms. The van der Waals surface area contributed by atoms with Crippen molar-refractivity contribution in [2.75, 3.05) is 44.8 Å². The lowest BCUT2D eigenvalue weighted by atomic mass is 9.89. The van der Waals surface area contributed by atoms with Crippen molar-refractivity contribution in [1.82, 2.24) is 15.6 Å². The first-order valence-corrected chi connectivity index (χ1v) is 13.7. The molecule has 0 aromatic heterocycles. The molecule has 0 radical (unpaired) electrons. The van der Waals surface area contributed by atoms with Crippen LogP contribution in [0.5, 0.6) is 0 Å². The van der Waals surface area contributed by atoms with Gasteiger partial charge in [0.2, 0.25) is 16.4 Å². The summed E-state index contributed by atoms with van der Waals surface area (Å²) >= 11 is -1.90. The van der Waals surface area contributed by atoms with Crippen molar-refractivity contribution >= 4 is 39.3 Å². The van der Waals surface area contributed by atoms with E-state index in [-0.39, 0.29) is 28.3 Å². The molecule has 1 saturated heterocycles. The van der Waals surface area contributed by atoms with E-state index in [4.69, 9.17) is 27.2 Å². The summed E-state index contributed by atoms with van der Waals surface area (Å²) in [6, 6.07) is 2.94. The average Bonchev–Trinajstić information content (AvgIpc) is 2.83. The molecule has 0 saturated carbocycles. The second-order valence-corrected chi connectivity index (χ2v) is 10.7. The summed E-state index contributed by atoms with van der Waals surface area (Å²) in [6.45, 7) is 2.13. The molecule has 14 nitrogen and oxygen atoms in total. The summed E-state index contributed by atoms with van der Waals surface area (Å²) in [5.74, 6) is 5.23. The molecule has 1 fully saturated rings. The smallest absolute Gasteiger partial charge is 0.243 e. The number of sulfonamides is 1. The van der Waals surface area contributed by atoms with Crippen molar-refractivity contribution in [2.24, 2.45) is 33.5 Å². The summed E-state index contributed by atoms with van der Waals surface area (Å²) in [4.78, 5) is 12.5. The van der Waals surface area contributed by atoms with E-state index in [9.17, 15) is 17.8 Å². The van der Waals surface area contributed by atoms with Gasteiger partial charge in [0.05, 0.1) is 29.6 Å². The molecule has 1 aliphatic heterocycles. The lowest BCUT2D eigenvalue weighted by molar-refractivity contribution is -0.111. The Morgan fingerprint density at radius 3 is 2.63 bits per heavy atom. The van der Waals surface area contributed by atoms with E-state index in [1.807, 2.05) is 4.90 Å². The van der Waals surface area contributed by atoms with Crippen LogP contribution in [0.4, 0.5) is 5.69 Å². The molecule has 16 heteroatoms. The van der Waals surface area contributed by atoms with Crippen LogP contribution < -0.4 is 42.9 Å². The number of hydrazone groups is 1. The predicted molar refractivity (Wildman–Crippen MR) is 134 cm³/mol. The van der Waals surface area contributed by atoms with Crippen molar-refractivity contribution in [3.63, 3.8) is 0 Å². The number of carbonyl (C=O) groups is 1. The maximum atomic E-state index is 12.9. The second-order valence-electron chi connectivity index (χ2n) is 7.93. The van der Waals surface area contributed by atoms with E-state index in [2.05, 4.69) is 20.7 Å². The number of methoxy groups -OCH3 is 1. The standard InChI is InChI=1S/C19H35N9O5S2/c1-33-11-14(24-12-29)13-5-9-28(10-6-13)15-3-4-16(34(30)25-8-2-7-20)18(35(23,31)32)17(15)19(21)26-27-22/h3-4,12-14,25,27H,2,5-11,20,22H2,1H3,(H2,21,26)(H,24,29)(H2,23,31,32). The van der Waals surface area contributed by atoms with Crippen molar-refractivity contribution in [3.8, 4) is 0 Å². The highest BCUT2D eigenvalue weighted by Gasteiger charge is 2.34. The number of benzene rings is 1. The number of piperidine rings is 1. The molecule has 1 aliphatic rings. The zero-order valence-corrected chi connectivity index (χ0v) is 21.2. The third kappa shape index (κ3) is 7.65. The number of hydrogen-bond acceptors (Lipinski definition) is 11. The molecule has 0 bridgehead atoms. The fourth-order valence-electron chi connectivity index (χ4n) is 4.09. The van der Waals surface area contributed by atoms with E-state index < -0.39 is 26.3 Å². The van der Waals surface area contributed by atoms with Crippen LogP contribution in [0.15, 0.2) is 27.0 Å². The highest BCUT2D eigenvalue weighted by atomic mass is 32.2. The minimum absolute atomic E-state index is 0.00910. The van der Waals surface area contributed by atoms with Crippen molar-refractivity contribution < 1.29 is 22.5 Å². The molecule has 2 unspecified atom stereocenters. The summed E-state index contributed by atoms with van der Waals surface area (Å²) in [7, 11) is -2.81. The van der Waals surface area contributed by atoms with Gasteiger partial charge >= 0.3 is 0 Å². The molecule has 1 aromatic rings.